The monoisotopic (exact) mass is 256 g/mol. The van der Waals surface area contributed by atoms with Crippen LogP contribution in [-0.2, 0) is 7.05 Å². The smallest absolute Gasteiger partial charge is 0.213 e. The van der Waals surface area contributed by atoms with E-state index in [-0.39, 0.29) is 5.78 Å². The maximum atomic E-state index is 12.3. The summed E-state index contributed by atoms with van der Waals surface area (Å²) < 4.78 is 1.43. The maximum absolute atomic E-state index is 12.3. The highest BCUT2D eigenvalue weighted by molar-refractivity contribution is 6.34. The third-order valence-corrected chi connectivity index (χ3v) is 3.91. The Morgan fingerprint density at radius 3 is 2.65 bits per heavy atom. The molecule has 1 aliphatic rings. The van der Waals surface area contributed by atoms with Gasteiger partial charge < -0.3 is 5.11 Å². The molecule has 1 fully saturated rings. The van der Waals surface area contributed by atoms with Crippen molar-refractivity contribution in [2.75, 3.05) is 0 Å². The molecule has 0 aliphatic heterocycles. The van der Waals surface area contributed by atoms with Crippen molar-refractivity contribution in [3.63, 3.8) is 0 Å². The van der Waals surface area contributed by atoms with E-state index in [1.807, 2.05) is 0 Å². The van der Waals surface area contributed by atoms with Gasteiger partial charge in [0.2, 0.25) is 5.78 Å². The van der Waals surface area contributed by atoms with Gasteiger partial charge in [-0.05, 0) is 31.6 Å². The van der Waals surface area contributed by atoms with Gasteiger partial charge in [-0.2, -0.15) is 5.10 Å². The van der Waals surface area contributed by atoms with E-state index in [1.54, 1.807) is 7.05 Å². The van der Waals surface area contributed by atoms with Crippen LogP contribution < -0.4 is 0 Å². The molecule has 5 heteroatoms. The fraction of sp³-hybridized carbons (Fsp3) is 0.667. The number of hydrogen-bond acceptors (Lipinski definition) is 3. The molecule has 1 aromatic heterocycles. The second kappa shape index (κ2) is 4.42. The minimum atomic E-state index is -1.26. The van der Waals surface area contributed by atoms with Crippen LogP contribution in [0.5, 0.6) is 0 Å². The van der Waals surface area contributed by atoms with Crippen molar-refractivity contribution >= 4 is 17.4 Å². The van der Waals surface area contributed by atoms with E-state index < -0.39 is 5.60 Å². The largest absolute Gasteiger partial charge is 0.382 e. The van der Waals surface area contributed by atoms with Crippen LogP contribution >= 0.6 is 11.6 Å². The van der Waals surface area contributed by atoms with Gasteiger partial charge in [0, 0.05) is 7.05 Å². The molecule has 1 aliphatic carbocycles. The van der Waals surface area contributed by atoms with E-state index in [9.17, 15) is 9.90 Å². The molecule has 94 valence electrons. The van der Waals surface area contributed by atoms with Crippen molar-refractivity contribution in [3.05, 3.63) is 16.9 Å². The fourth-order valence-corrected chi connectivity index (χ4v) is 2.61. The third-order valence-electron chi connectivity index (χ3n) is 3.63. The predicted molar refractivity (Wildman–Crippen MR) is 65.1 cm³/mol. The van der Waals surface area contributed by atoms with Crippen LogP contribution in [0.25, 0.3) is 0 Å². The zero-order valence-electron chi connectivity index (χ0n) is 10.1. The Balaban J connectivity index is 2.26. The van der Waals surface area contributed by atoms with Crippen LogP contribution in [0.4, 0.5) is 0 Å². The molecule has 1 heterocycles. The summed E-state index contributed by atoms with van der Waals surface area (Å²) in [5.41, 5.74) is -0.951. The summed E-state index contributed by atoms with van der Waals surface area (Å²) in [6, 6.07) is 0. The van der Waals surface area contributed by atoms with Crippen molar-refractivity contribution in [2.45, 2.75) is 38.2 Å². The van der Waals surface area contributed by atoms with Crippen LogP contribution in [0.3, 0.4) is 0 Å². The van der Waals surface area contributed by atoms with Gasteiger partial charge in [-0.3, -0.25) is 9.48 Å². The highest BCUT2D eigenvalue weighted by Gasteiger charge is 2.41. The van der Waals surface area contributed by atoms with Crippen LogP contribution in [0.1, 0.15) is 43.1 Å². The lowest BCUT2D eigenvalue weighted by Crippen LogP contribution is -2.42. The Morgan fingerprint density at radius 1 is 1.59 bits per heavy atom. The van der Waals surface area contributed by atoms with Gasteiger partial charge in [-0.1, -0.05) is 18.5 Å². The lowest BCUT2D eigenvalue weighted by molar-refractivity contribution is 0.00347. The first kappa shape index (κ1) is 12.6. The van der Waals surface area contributed by atoms with Gasteiger partial charge in [-0.25, -0.2) is 0 Å². The second-order valence-corrected chi connectivity index (χ2v) is 5.42. The van der Waals surface area contributed by atoms with E-state index in [0.717, 1.165) is 12.8 Å². The fourth-order valence-electron chi connectivity index (χ4n) is 2.35. The number of hydrogen-bond donors (Lipinski definition) is 1. The number of ketones is 1. The van der Waals surface area contributed by atoms with Crippen LogP contribution in [-0.4, -0.2) is 26.3 Å². The zero-order valence-corrected chi connectivity index (χ0v) is 10.9. The lowest BCUT2D eigenvalue weighted by Gasteiger charge is -2.33. The number of carbonyl (C=O) groups is 1. The summed E-state index contributed by atoms with van der Waals surface area (Å²) in [7, 11) is 1.66. The molecule has 1 saturated carbocycles. The Hall–Kier alpha value is -0.870. The van der Waals surface area contributed by atoms with Crippen LogP contribution in [0.2, 0.25) is 5.02 Å². The molecule has 0 unspecified atom stereocenters. The maximum Gasteiger partial charge on any atom is 0.213 e. The van der Waals surface area contributed by atoms with E-state index in [2.05, 4.69) is 12.0 Å². The first-order chi connectivity index (χ1) is 7.94. The van der Waals surface area contributed by atoms with Gasteiger partial charge >= 0.3 is 0 Å². The lowest BCUT2D eigenvalue weighted by atomic mass is 9.76. The summed E-state index contributed by atoms with van der Waals surface area (Å²) in [5, 5.41) is 14.7. The van der Waals surface area contributed by atoms with Gasteiger partial charge in [0.15, 0.2) is 0 Å². The van der Waals surface area contributed by atoms with Gasteiger partial charge in [0.05, 0.1) is 11.2 Å². The third kappa shape index (κ3) is 2.24. The Labute approximate surface area is 106 Å². The average molecular weight is 257 g/mol. The zero-order chi connectivity index (χ0) is 12.6. The minimum absolute atomic E-state index is 0.297. The van der Waals surface area contributed by atoms with E-state index >= 15 is 0 Å². The van der Waals surface area contributed by atoms with Crippen molar-refractivity contribution in [2.24, 2.45) is 13.0 Å². The highest BCUT2D eigenvalue weighted by atomic mass is 35.5. The van der Waals surface area contributed by atoms with Crippen molar-refractivity contribution in [1.82, 2.24) is 9.78 Å². The number of halogens is 1. The van der Waals surface area contributed by atoms with E-state index in [4.69, 9.17) is 11.6 Å². The molecule has 0 atom stereocenters. The standard InChI is InChI=1S/C12H17ClN2O2/c1-8-3-5-12(17,6-4-8)11(16)10-9(13)7-14-15(10)2/h7-8,17H,3-6H2,1-2H3. The molecular weight excluding hydrogens is 240 g/mol. The summed E-state index contributed by atoms with van der Waals surface area (Å²) >= 11 is 5.93. The molecule has 2 rings (SSSR count). The van der Waals surface area contributed by atoms with Crippen molar-refractivity contribution in [1.29, 1.82) is 0 Å². The quantitative estimate of drug-likeness (QED) is 0.826. The SMILES string of the molecule is CC1CCC(O)(C(=O)c2c(Cl)cnn2C)CC1. The number of rotatable bonds is 2. The van der Waals surface area contributed by atoms with E-state index in [0.29, 0.717) is 29.5 Å². The average Bonchev–Trinajstić information content (AvgIpc) is 2.62. The molecule has 0 saturated heterocycles. The minimum Gasteiger partial charge on any atom is -0.382 e. The van der Waals surface area contributed by atoms with Gasteiger partial charge in [0.25, 0.3) is 0 Å². The first-order valence-corrected chi connectivity index (χ1v) is 6.26. The van der Waals surface area contributed by atoms with Gasteiger partial charge in [0.1, 0.15) is 11.3 Å². The summed E-state index contributed by atoms with van der Waals surface area (Å²) in [6.45, 7) is 2.14. The molecule has 0 radical (unpaired) electrons. The number of Topliss-reactive ketones (excluding diaryl/α,β-unsaturated/α-hetero) is 1. The first-order valence-electron chi connectivity index (χ1n) is 5.89. The number of carbonyl (C=O) groups excluding carboxylic acids is 1. The summed E-state index contributed by atoms with van der Waals surface area (Å²) in [4.78, 5) is 12.3. The summed E-state index contributed by atoms with van der Waals surface area (Å²) in [5.74, 6) is 0.277. The molecule has 0 bridgehead atoms. The van der Waals surface area contributed by atoms with Crippen LogP contribution in [0, 0.1) is 5.92 Å². The summed E-state index contributed by atoms with van der Waals surface area (Å²) in [6.07, 6.45) is 4.20. The topological polar surface area (TPSA) is 55.1 Å². The molecular formula is C12H17ClN2O2. The van der Waals surface area contributed by atoms with Crippen LogP contribution in [0.15, 0.2) is 6.20 Å². The van der Waals surface area contributed by atoms with Gasteiger partial charge in [-0.15, -0.1) is 0 Å². The molecule has 1 N–H and O–H groups in total. The number of aliphatic hydroxyl groups is 1. The predicted octanol–water partition coefficient (Wildman–Crippen LogP) is 2.20. The normalized spacial score (nSPS) is 29.3. The molecule has 0 spiro atoms. The molecule has 0 amide bonds. The number of nitrogens with zero attached hydrogens (tertiary/aromatic N) is 2. The Morgan fingerprint density at radius 2 is 2.18 bits per heavy atom. The Kier molecular flexibility index (Phi) is 3.27. The van der Waals surface area contributed by atoms with Crippen molar-refractivity contribution < 1.29 is 9.90 Å². The molecule has 4 nitrogen and oxygen atoms in total. The van der Waals surface area contributed by atoms with E-state index in [1.165, 1.54) is 10.9 Å². The molecule has 17 heavy (non-hydrogen) atoms. The van der Waals surface area contributed by atoms with Crippen molar-refractivity contribution in [3.8, 4) is 0 Å². The molecule has 1 aromatic rings. The Bertz CT molecular complexity index is 414. The second-order valence-electron chi connectivity index (χ2n) is 5.01. The number of aromatic nitrogens is 2. The molecule has 0 aromatic carbocycles. The number of aryl methyl sites for hydroxylation is 1. The highest BCUT2D eigenvalue weighted by Crippen LogP contribution is 2.35.